The molecule has 0 aromatic carbocycles. The molecule has 1 aliphatic rings. The SMILES string of the molecule is CCN(CCCNC(=O)C1CSCCN1)S(C)(=O)=O. The Bertz CT molecular complexity index is 381. The summed E-state index contributed by atoms with van der Waals surface area (Å²) in [6.07, 6.45) is 1.84. The molecule has 8 heteroatoms. The molecule has 1 heterocycles. The van der Waals surface area contributed by atoms with Crippen molar-refractivity contribution in [3.8, 4) is 0 Å². The molecule has 1 fully saturated rings. The predicted octanol–water partition coefficient (Wildman–Crippen LogP) is -0.521. The molecule has 19 heavy (non-hydrogen) atoms. The molecular weight excluding hydrogens is 286 g/mol. The van der Waals surface area contributed by atoms with Crippen molar-refractivity contribution in [2.75, 3.05) is 43.9 Å². The monoisotopic (exact) mass is 309 g/mol. The summed E-state index contributed by atoms with van der Waals surface area (Å²) in [5.74, 6) is 1.86. The van der Waals surface area contributed by atoms with Crippen LogP contribution >= 0.6 is 11.8 Å². The zero-order valence-electron chi connectivity index (χ0n) is 11.5. The summed E-state index contributed by atoms with van der Waals surface area (Å²) >= 11 is 1.77. The third-order valence-corrected chi connectivity index (χ3v) is 5.38. The summed E-state index contributed by atoms with van der Waals surface area (Å²) in [4.78, 5) is 11.8. The Morgan fingerprint density at radius 2 is 2.26 bits per heavy atom. The minimum atomic E-state index is -3.13. The van der Waals surface area contributed by atoms with Crippen LogP contribution in [0, 0.1) is 0 Å². The van der Waals surface area contributed by atoms with Crippen LogP contribution in [0.5, 0.6) is 0 Å². The molecule has 1 saturated heterocycles. The van der Waals surface area contributed by atoms with E-state index in [1.807, 2.05) is 6.92 Å². The molecule has 0 saturated carbocycles. The molecular formula is C11H23N3O3S2. The quantitative estimate of drug-likeness (QED) is 0.619. The number of sulfonamides is 1. The van der Waals surface area contributed by atoms with Crippen LogP contribution in [0.1, 0.15) is 13.3 Å². The molecule has 1 unspecified atom stereocenters. The number of hydrogen-bond donors (Lipinski definition) is 2. The third-order valence-electron chi connectivity index (χ3n) is 2.94. The fourth-order valence-corrected chi connectivity index (χ4v) is 3.75. The van der Waals surface area contributed by atoms with Crippen LogP contribution in [0.2, 0.25) is 0 Å². The molecule has 0 spiro atoms. The smallest absolute Gasteiger partial charge is 0.237 e. The summed E-state index contributed by atoms with van der Waals surface area (Å²) < 4.78 is 24.1. The first-order chi connectivity index (χ1) is 8.95. The van der Waals surface area contributed by atoms with Crippen LogP contribution in [0.15, 0.2) is 0 Å². The van der Waals surface area contributed by atoms with E-state index >= 15 is 0 Å². The van der Waals surface area contributed by atoms with Gasteiger partial charge in [-0.1, -0.05) is 6.92 Å². The molecule has 0 bridgehead atoms. The molecule has 1 aliphatic heterocycles. The largest absolute Gasteiger partial charge is 0.355 e. The van der Waals surface area contributed by atoms with Gasteiger partial charge in [0.1, 0.15) is 0 Å². The van der Waals surface area contributed by atoms with Crippen molar-refractivity contribution in [2.45, 2.75) is 19.4 Å². The van der Waals surface area contributed by atoms with Gasteiger partial charge in [-0.05, 0) is 6.42 Å². The van der Waals surface area contributed by atoms with Crippen molar-refractivity contribution in [1.29, 1.82) is 0 Å². The second-order valence-corrected chi connectivity index (χ2v) is 7.61. The zero-order chi connectivity index (χ0) is 14.3. The van der Waals surface area contributed by atoms with E-state index in [1.54, 1.807) is 11.8 Å². The van der Waals surface area contributed by atoms with Crippen molar-refractivity contribution >= 4 is 27.7 Å². The van der Waals surface area contributed by atoms with Crippen LogP contribution < -0.4 is 10.6 Å². The first-order valence-corrected chi connectivity index (χ1v) is 9.49. The van der Waals surface area contributed by atoms with E-state index in [9.17, 15) is 13.2 Å². The lowest BCUT2D eigenvalue weighted by molar-refractivity contribution is -0.122. The molecule has 1 atom stereocenters. The van der Waals surface area contributed by atoms with Gasteiger partial charge in [-0.25, -0.2) is 12.7 Å². The average molecular weight is 309 g/mol. The van der Waals surface area contributed by atoms with Gasteiger partial charge in [-0.15, -0.1) is 0 Å². The minimum absolute atomic E-state index is 0.00889. The lowest BCUT2D eigenvalue weighted by atomic mass is 10.3. The minimum Gasteiger partial charge on any atom is -0.355 e. The van der Waals surface area contributed by atoms with Crippen LogP contribution in [-0.2, 0) is 14.8 Å². The third kappa shape index (κ3) is 6.11. The molecule has 0 aliphatic carbocycles. The maximum atomic E-state index is 11.8. The molecule has 112 valence electrons. The average Bonchev–Trinajstić information content (AvgIpc) is 2.38. The van der Waals surface area contributed by atoms with Gasteiger partial charge in [0.15, 0.2) is 0 Å². The number of carbonyl (C=O) groups excluding carboxylic acids is 1. The van der Waals surface area contributed by atoms with Gasteiger partial charge < -0.3 is 10.6 Å². The number of thioether (sulfide) groups is 1. The summed E-state index contributed by atoms with van der Waals surface area (Å²) in [7, 11) is -3.13. The van der Waals surface area contributed by atoms with E-state index in [4.69, 9.17) is 0 Å². The molecule has 0 aromatic rings. The van der Waals surface area contributed by atoms with Crippen molar-refractivity contribution in [1.82, 2.24) is 14.9 Å². The Balaban J connectivity index is 2.21. The highest BCUT2D eigenvalue weighted by atomic mass is 32.2. The summed E-state index contributed by atoms with van der Waals surface area (Å²) in [6.45, 7) is 4.09. The fraction of sp³-hybridized carbons (Fsp3) is 0.909. The molecule has 1 rings (SSSR count). The number of nitrogens with one attached hydrogen (secondary N) is 2. The topological polar surface area (TPSA) is 78.5 Å². The van der Waals surface area contributed by atoms with Gasteiger partial charge in [-0.2, -0.15) is 11.8 Å². The standard InChI is InChI=1S/C11H23N3O3S2/c1-3-14(19(2,16)17)7-4-5-13-11(15)10-9-18-8-6-12-10/h10,12H,3-9H2,1-2H3,(H,13,15). The highest BCUT2D eigenvalue weighted by molar-refractivity contribution is 7.99. The normalized spacial score (nSPS) is 20.5. The highest BCUT2D eigenvalue weighted by Crippen LogP contribution is 2.07. The van der Waals surface area contributed by atoms with Crippen molar-refractivity contribution in [3.05, 3.63) is 0 Å². The predicted molar refractivity (Wildman–Crippen MR) is 78.8 cm³/mol. The van der Waals surface area contributed by atoms with Crippen molar-refractivity contribution in [2.24, 2.45) is 0 Å². The number of amides is 1. The number of rotatable bonds is 7. The maximum Gasteiger partial charge on any atom is 0.237 e. The number of nitrogens with zero attached hydrogens (tertiary/aromatic N) is 1. The zero-order valence-corrected chi connectivity index (χ0v) is 13.1. The van der Waals surface area contributed by atoms with Gasteiger partial charge in [-0.3, -0.25) is 4.79 Å². The second-order valence-electron chi connectivity index (χ2n) is 4.48. The molecule has 2 N–H and O–H groups in total. The number of hydrogen-bond acceptors (Lipinski definition) is 5. The van der Waals surface area contributed by atoms with E-state index in [1.165, 1.54) is 10.6 Å². The Morgan fingerprint density at radius 3 is 2.79 bits per heavy atom. The Morgan fingerprint density at radius 1 is 1.53 bits per heavy atom. The first kappa shape index (κ1) is 16.7. The van der Waals surface area contributed by atoms with E-state index in [0.717, 1.165) is 18.1 Å². The second kappa shape index (κ2) is 8.08. The van der Waals surface area contributed by atoms with E-state index in [0.29, 0.717) is 26.1 Å². The van der Waals surface area contributed by atoms with Gasteiger partial charge in [0, 0.05) is 37.7 Å². The molecule has 1 amide bonds. The van der Waals surface area contributed by atoms with Gasteiger partial charge in [0.05, 0.1) is 12.3 Å². The van der Waals surface area contributed by atoms with E-state index < -0.39 is 10.0 Å². The van der Waals surface area contributed by atoms with Crippen LogP contribution in [0.3, 0.4) is 0 Å². The van der Waals surface area contributed by atoms with E-state index in [-0.39, 0.29) is 11.9 Å². The van der Waals surface area contributed by atoms with Gasteiger partial charge >= 0.3 is 0 Å². The van der Waals surface area contributed by atoms with Crippen molar-refractivity contribution < 1.29 is 13.2 Å². The molecule has 0 radical (unpaired) electrons. The number of carbonyl (C=O) groups is 1. The summed E-state index contributed by atoms with van der Waals surface area (Å²) in [6, 6.07) is -0.115. The summed E-state index contributed by atoms with van der Waals surface area (Å²) in [5.41, 5.74) is 0. The molecule has 0 aromatic heterocycles. The van der Waals surface area contributed by atoms with Gasteiger partial charge in [0.25, 0.3) is 0 Å². The summed E-state index contributed by atoms with van der Waals surface area (Å²) in [5, 5.41) is 6.01. The molecule has 6 nitrogen and oxygen atoms in total. The maximum absolute atomic E-state index is 11.8. The Labute approximate surface area is 119 Å². The van der Waals surface area contributed by atoms with Gasteiger partial charge in [0.2, 0.25) is 15.9 Å². The van der Waals surface area contributed by atoms with Crippen LogP contribution in [-0.4, -0.2) is 68.6 Å². The van der Waals surface area contributed by atoms with Crippen LogP contribution in [0.4, 0.5) is 0 Å². The Hall–Kier alpha value is -0.310. The van der Waals surface area contributed by atoms with E-state index in [2.05, 4.69) is 10.6 Å². The lowest BCUT2D eigenvalue weighted by Crippen LogP contribution is -2.49. The first-order valence-electron chi connectivity index (χ1n) is 6.49. The highest BCUT2D eigenvalue weighted by Gasteiger charge is 2.20. The fourth-order valence-electron chi connectivity index (χ4n) is 1.88. The Kier molecular flexibility index (Phi) is 7.12. The van der Waals surface area contributed by atoms with Crippen LogP contribution in [0.25, 0.3) is 0 Å². The van der Waals surface area contributed by atoms with Crippen molar-refractivity contribution in [3.63, 3.8) is 0 Å². The lowest BCUT2D eigenvalue weighted by Gasteiger charge is -2.22.